The fourth-order valence-electron chi connectivity index (χ4n) is 2.78. The Bertz CT molecular complexity index is 652. The van der Waals surface area contributed by atoms with Gasteiger partial charge in [-0.05, 0) is 24.1 Å². The summed E-state index contributed by atoms with van der Waals surface area (Å²) in [6, 6.07) is 13.5. The van der Waals surface area contributed by atoms with Gasteiger partial charge >= 0.3 is 0 Å². The number of carbonyl (C=O) groups is 1. The highest BCUT2D eigenvalue weighted by molar-refractivity contribution is 5.87. The first kappa shape index (κ1) is 13.8. The van der Waals surface area contributed by atoms with Crippen molar-refractivity contribution in [2.75, 3.05) is 6.54 Å². The molecule has 1 aromatic heterocycles. The number of fused-ring (bicyclic) bond motifs is 1. The van der Waals surface area contributed by atoms with Crippen LogP contribution in [-0.2, 0) is 23.3 Å². The predicted molar refractivity (Wildman–Crippen MR) is 81.3 cm³/mol. The van der Waals surface area contributed by atoms with E-state index in [0.717, 1.165) is 23.2 Å². The molecule has 21 heavy (non-hydrogen) atoms. The van der Waals surface area contributed by atoms with E-state index in [1.165, 1.54) is 0 Å². The number of benzene rings is 1. The van der Waals surface area contributed by atoms with Crippen LogP contribution in [0.1, 0.15) is 23.7 Å². The van der Waals surface area contributed by atoms with Crippen molar-refractivity contribution in [2.24, 2.45) is 5.73 Å². The van der Waals surface area contributed by atoms with E-state index in [2.05, 4.69) is 4.98 Å². The van der Waals surface area contributed by atoms with E-state index in [-0.39, 0.29) is 5.91 Å². The summed E-state index contributed by atoms with van der Waals surface area (Å²) in [5.41, 5.74) is 8.36. The summed E-state index contributed by atoms with van der Waals surface area (Å²) in [6.45, 7) is 3.04. The molecule has 0 aliphatic carbocycles. The number of pyridine rings is 1. The van der Waals surface area contributed by atoms with Crippen molar-refractivity contribution in [3.63, 3.8) is 0 Å². The lowest BCUT2D eigenvalue weighted by atomic mass is 9.90. The Balaban J connectivity index is 1.84. The number of nitrogens with zero attached hydrogens (tertiary/aromatic N) is 2. The van der Waals surface area contributed by atoms with Crippen LogP contribution in [0.4, 0.5) is 0 Å². The minimum absolute atomic E-state index is 0.0387. The molecule has 1 aromatic carbocycles. The topological polar surface area (TPSA) is 59.2 Å². The first-order valence-corrected chi connectivity index (χ1v) is 7.15. The molecule has 0 spiro atoms. The van der Waals surface area contributed by atoms with Crippen molar-refractivity contribution in [1.29, 1.82) is 0 Å². The van der Waals surface area contributed by atoms with Gasteiger partial charge in [0, 0.05) is 31.4 Å². The molecule has 108 valence electrons. The number of hydrogen-bond acceptors (Lipinski definition) is 3. The third-order valence-corrected chi connectivity index (χ3v) is 4.07. The van der Waals surface area contributed by atoms with Gasteiger partial charge in [0.15, 0.2) is 0 Å². The molecule has 4 heteroatoms. The minimum atomic E-state index is -0.999. The number of rotatable bonds is 2. The van der Waals surface area contributed by atoms with Crippen LogP contribution in [0.3, 0.4) is 0 Å². The summed E-state index contributed by atoms with van der Waals surface area (Å²) < 4.78 is 0. The molecule has 4 nitrogen and oxygen atoms in total. The lowest BCUT2D eigenvalue weighted by molar-refractivity contribution is -0.137. The number of amides is 1. The van der Waals surface area contributed by atoms with Crippen molar-refractivity contribution >= 4 is 5.91 Å². The average Bonchev–Trinajstić information content (AvgIpc) is 2.54. The Kier molecular flexibility index (Phi) is 3.47. The highest BCUT2D eigenvalue weighted by Crippen LogP contribution is 2.24. The van der Waals surface area contributed by atoms with E-state index in [9.17, 15) is 4.79 Å². The van der Waals surface area contributed by atoms with Crippen molar-refractivity contribution in [3.8, 4) is 0 Å². The first-order chi connectivity index (χ1) is 10.1. The fraction of sp³-hybridized carbons (Fsp3) is 0.294. The molecular formula is C17H19N3O. The van der Waals surface area contributed by atoms with Crippen LogP contribution in [-0.4, -0.2) is 22.3 Å². The maximum Gasteiger partial charge on any atom is 0.247 e. The van der Waals surface area contributed by atoms with Gasteiger partial charge in [-0.1, -0.05) is 36.4 Å². The zero-order valence-corrected chi connectivity index (χ0v) is 12.1. The van der Waals surface area contributed by atoms with Crippen LogP contribution >= 0.6 is 0 Å². The van der Waals surface area contributed by atoms with Crippen LogP contribution in [0.15, 0.2) is 48.7 Å². The van der Waals surface area contributed by atoms with Gasteiger partial charge in [0.25, 0.3) is 0 Å². The molecule has 0 bridgehead atoms. The number of carbonyl (C=O) groups excluding carboxylic acids is 1. The number of nitrogens with two attached hydrogens (primary N) is 1. The third kappa shape index (κ3) is 2.54. The monoisotopic (exact) mass is 281 g/mol. The molecule has 1 amide bonds. The lowest BCUT2D eigenvalue weighted by Crippen LogP contribution is -2.52. The molecule has 0 radical (unpaired) electrons. The molecule has 1 aliphatic rings. The summed E-state index contributed by atoms with van der Waals surface area (Å²) in [7, 11) is 0. The zero-order valence-electron chi connectivity index (χ0n) is 12.1. The van der Waals surface area contributed by atoms with Crippen LogP contribution in [0.25, 0.3) is 0 Å². The molecule has 1 aliphatic heterocycles. The van der Waals surface area contributed by atoms with Gasteiger partial charge in [-0.3, -0.25) is 9.78 Å². The summed E-state index contributed by atoms with van der Waals surface area (Å²) >= 11 is 0. The van der Waals surface area contributed by atoms with Crippen molar-refractivity contribution in [1.82, 2.24) is 9.88 Å². The Hall–Kier alpha value is -2.20. The fourth-order valence-corrected chi connectivity index (χ4v) is 2.78. The molecule has 2 N–H and O–H groups in total. The van der Waals surface area contributed by atoms with Crippen molar-refractivity contribution in [3.05, 3.63) is 65.5 Å². The average molecular weight is 281 g/mol. The second-order valence-electron chi connectivity index (χ2n) is 5.65. The van der Waals surface area contributed by atoms with Gasteiger partial charge in [0.2, 0.25) is 5.91 Å². The van der Waals surface area contributed by atoms with E-state index in [0.29, 0.717) is 13.1 Å². The van der Waals surface area contributed by atoms with E-state index >= 15 is 0 Å². The SMILES string of the molecule is CC(N)(C(=O)N1CCc2ncccc2C1)c1ccccc1. The molecule has 2 heterocycles. The summed E-state index contributed by atoms with van der Waals surface area (Å²) in [4.78, 5) is 19.0. The molecule has 3 rings (SSSR count). The standard InChI is InChI=1S/C17H19N3O/c1-17(18,14-7-3-2-4-8-14)16(21)20-11-9-15-13(12-20)6-5-10-19-15/h2-8,10H,9,11-12,18H2,1H3. The highest BCUT2D eigenvalue weighted by Gasteiger charge is 2.35. The molecule has 1 atom stereocenters. The van der Waals surface area contributed by atoms with E-state index in [4.69, 9.17) is 5.73 Å². The third-order valence-electron chi connectivity index (χ3n) is 4.07. The first-order valence-electron chi connectivity index (χ1n) is 7.15. The summed E-state index contributed by atoms with van der Waals surface area (Å²) in [5.74, 6) is -0.0387. The van der Waals surface area contributed by atoms with Gasteiger partial charge in [-0.15, -0.1) is 0 Å². The van der Waals surface area contributed by atoms with E-state index in [1.54, 1.807) is 13.1 Å². The van der Waals surface area contributed by atoms with Crippen LogP contribution in [0.2, 0.25) is 0 Å². The second kappa shape index (κ2) is 5.30. The quantitative estimate of drug-likeness (QED) is 0.913. The molecule has 0 fully saturated rings. The minimum Gasteiger partial charge on any atom is -0.336 e. The number of aromatic nitrogens is 1. The van der Waals surface area contributed by atoms with Gasteiger partial charge in [-0.2, -0.15) is 0 Å². The molecule has 1 unspecified atom stereocenters. The molecule has 0 saturated heterocycles. The zero-order chi connectivity index (χ0) is 14.9. The van der Waals surface area contributed by atoms with Gasteiger partial charge in [0.1, 0.15) is 5.54 Å². The Labute approximate surface area is 124 Å². The number of hydrogen-bond donors (Lipinski definition) is 1. The predicted octanol–water partition coefficient (Wildman–Crippen LogP) is 1.84. The van der Waals surface area contributed by atoms with Gasteiger partial charge in [-0.25, -0.2) is 0 Å². The van der Waals surface area contributed by atoms with Crippen LogP contribution in [0.5, 0.6) is 0 Å². The van der Waals surface area contributed by atoms with Gasteiger partial charge < -0.3 is 10.6 Å². The van der Waals surface area contributed by atoms with Crippen molar-refractivity contribution < 1.29 is 4.79 Å². The van der Waals surface area contributed by atoms with Crippen molar-refractivity contribution in [2.45, 2.75) is 25.4 Å². The smallest absolute Gasteiger partial charge is 0.247 e. The largest absolute Gasteiger partial charge is 0.336 e. The normalized spacial score (nSPS) is 17.0. The van der Waals surface area contributed by atoms with Crippen LogP contribution < -0.4 is 5.73 Å². The van der Waals surface area contributed by atoms with Crippen LogP contribution in [0, 0.1) is 0 Å². The molecule has 2 aromatic rings. The summed E-state index contributed by atoms with van der Waals surface area (Å²) in [5, 5.41) is 0. The van der Waals surface area contributed by atoms with E-state index < -0.39 is 5.54 Å². The highest BCUT2D eigenvalue weighted by atomic mass is 16.2. The van der Waals surface area contributed by atoms with E-state index in [1.807, 2.05) is 47.4 Å². The maximum absolute atomic E-state index is 12.8. The Morgan fingerprint density at radius 3 is 2.76 bits per heavy atom. The molecule has 0 saturated carbocycles. The lowest BCUT2D eigenvalue weighted by Gasteiger charge is -2.35. The Morgan fingerprint density at radius 2 is 2.00 bits per heavy atom. The Morgan fingerprint density at radius 1 is 1.24 bits per heavy atom. The summed E-state index contributed by atoms with van der Waals surface area (Å²) in [6.07, 6.45) is 2.58. The molecular weight excluding hydrogens is 262 g/mol. The second-order valence-corrected chi connectivity index (χ2v) is 5.65. The van der Waals surface area contributed by atoms with Gasteiger partial charge in [0.05, 0.1) is 0 Å². The maximum atomic E-state index is 12.8.